The van der Waals surface area contributed by atoms with Gasteiger partial charge in [-0.25, -0.2) is 4.79 Å². The molecule has 0 fully saturated rings. The molecule has 0 aliphatic heterocycles. The molecule has 134 valence electrons. The van der Waals surface area contributed by atoms with Crippen molar-refractivity contribution >= 4 is 17.6 Å². The highest BCUT2D eigenvalue weighted by Gasteiger charge is 2.09. The first kappa shape index (κ1) is 18.9. The van der Waals surface area contributed by atoms with Crippen LogP contribution >= 0.6 is 11.6 Å². The maximum atomic E-state index is 12.0. The Morgan fingerprint density at radius 1 is 1.12 bits per heavy atom. The molecule has 0 saturated carbocycles. The quantitative estimate of drug-likeness (QED) is 0.692. The van der Waals surface area contributed by atoms with E-state index in [0.29, 0.717) is 30.5 Å². The molecule has 2 aromatic carbocycles. The van der Waals surface area contributed by atoms with Crippen LogP contribution in [0.25, 0.3) is 0 Å². The zero-order valence-electron chi connectivity index (χ0n) is 14.4. The summed E-state index contributed by atoms with van der Waals surface area (Å²) in [4.78, 5) is 12.0. The van der Waals surface area contributed by atoms with Crippen LogP contribution in [0, 0.1) is 0 Å². The Kier molecular flexibility index (Phi) is 7.41. The normalized spacial score (nSPS) is 11.5. The minimum atomic E-state index is -0.242. The van der Waals surface area contributed by atoms with Crippen molar-refractivity contribution in [3.8, 4) is 11.5 Å². The Labute approximate surface area is 153 Å². The van der Waals surface area contributed by atoms with Crippen molar-refractivity contribution in [2.24, 2.45) is 0 Å². The van der Waals surface area contributed by atoms with Crippen LogP contribution in [-0.2, 0) is 0 Å². The number of amides is 2. The number of carbonyl (C=O) groups is 1. The van der Waals surface area contributed by atoms with E-state index < -0.39 is 0 Å². The molecule has 2 aromatic rings. The number of ether oxygens (including phenoxy) is 2. The van der Waals surface area contributed by atoms with Gasteiger partial charge in [0, 0.05) is 5.02 Å². The van der Waals surface area contributed by atoms with Crippen LogP contribution in [0.3, 0.4) is 0 Å². The Balaban J connectivity index is 1.72. The van der Waals surface area contributed by atoms with Crippen molar-refractivity contribution in [1.29, 1.82) is 0 Å². The molecule has 5 nitrogen and oxygen atoms in total. The van der Waals surface area contributed by atoms with E-state index in [1.807, 2.05) is 38.1 Å². The average molecular weight is 363 g/mol. The Bertz CT molecular complexity index is 677. The van der Waals surface area contributed by atoms with Crippen molar-refractivity contribution in [3.63, 3.8) is 0 Å². The molecule has 0 heterocycles. The van der Waals surface area contributed by atoms with Crippen molar-refractivity contribution < 1.29 is 14.3 Å². The fraction of sp³-hybridized carbons (Fsp3) is 0.316. The highest BCUT2D eigenvalue weighted by atomic mass is 35.5. The average Bonchev–Trinajstić information content (AvgIpc) is 2.61. The molecule has 0 aromatic heterocycles. The van der Waals surface area contributed by atoms with E-state index in [1.165, 1.54) is 0 Å². The van der Waals surface area contributed by atoms with Crippen LogP contribution in [0.4, 0.5) is 4.79 Å². The molecular formula is C19H23ClN2O3. The molecule has 25 heavy (non-hydrogen) atoms. The predicted octanol–water partition coefficient (Wildman–Crippen LogP) is 4.18. The predicted molar refractivity (Wildman–Crippen MR) is 99.5 cm³/mol. The first-order valence-corrected chi connectivity index (χ1v) is 8.61. The van der Waals surface area contributed by atoms with Gasteiger partial charge in [-0.1, -0.05) is 23.7 Å². The SMILES string of the molecule is CCOc1cccc(C(C)NC(=O)NCCOc2ccc(Cl)cc2)c1. The summed E-state index contributed by atoms with van der Waals surface area (Å²) in [5.74, 6) is 1.51. The second-order valence-corrected chi connectivity index (χ2v) is 5.87. The van der Waals surface area contributed by atoms with Gasteiger partial charge in [0.2, 0.25) is 0 Å². The van der Waals surface area contributed by atoms with Crippen LogP contribution in [0.2, 0.25) is 5.02 Å². The summed E-state index contributed by atoms with van der Waals surface area (Å²) in [6, 6.07) is 14.4. The third-order valence-electron chi connectivity index (χ3n) is 3.49. The Morgan fingerprint density at radius 3 is 2.60 bits per heavy atom. The van der Waals surface area contributed by atoms with E-state index in [4.69, 9.17) is 21.1 Å². The molecule has 0 bridgehead atoms. The summed E-state index contributed by atoms with van der Waals surface area (Å²) in [5.41, 5.74) is 0.985. The van der Waals surface area contributed by atoms with E-state index in [9.17, 15) is 4.79 Å². The number of urea groups is 1. The zero-order chi connectivity index (χ0) is 18.1. The lowest BCUT2D eigenvalue weighted by Gasteiger charge is -2.16. The zero-order valence-corrected chi connectivity index (χ0v) is 15.2. The van der Waals surface area contributed by atoms with E-state index in [2.05, 4.69) is 10.6 Å². The lowest BCUT2D eigenvalue weighted by molar-refractivity contribution is 0.233. The van der Waals surface area contributed by atoms with E-state index >= 15 is 0 Å². The first-order valence-electron chi connectivity index (χ1n) is 8.24. The van der Waals surface area contributed by atoms with Gasteiger partial charge in [-0.05, 0) is 55.8 Å². The highest BCUT2D eigenvalue weighted by Crippen LogP contribution is 2.19. The van der Waals surface area contributed by atoms with Gasteiger partial charge < -0.3 is 20.1 Å². The van der Waals surface area contributed by atoms with Gasteiger partial charge in [-0.2, -0.15) is 0 Å². The molecule has 0 spiro atoms. The highest BCUT2D eigenvalue weighted by molar-refractivity contribution is 6.30. The molecule has 2 rings (SSSR count). The molecule has 1 atom stereocenters. The monoisotopic (exact) mass is 362 g/mol. The molecule has 6 heteroatoms. The molecule has 0 radical (unpaired) electrons. The summed E-state index contributed by atoms with van der Waals surface area (Å²) in [6.07, 6.45) is 0. The van der Waals surface area contributed by atoms with E-state index in [0.717, 1.165) is 11.3 Å². The van der Waals surface area contributed by atoms with Crippen LogP contribution in [0.5, 0.6) is 11.5 Å². The smallest absolute Gasteiger partial charge is 0.315 e. The maximum Gasteiger partial charge on any atom is 0.315 e. The molecule has 0 saturated heterocycles. The fourth-order valence-corrected chi connectivity index (χ4v) is 2.36. The lowest BCUT2D eigenvalue weighted by atomic mass is 10.1. The minimum absolute atomic E-state index is 0.127. The Hall–Kier alpha value is -2.40. The van der Waals surface area contributed by atoms with E-state index in [-0.39, 0.29) is 12.1 Å². The molecule has 1 unspecified atom stereocenters. The minimum Gasteiger partial charge on any atom is -0.494 e. The summed E-state index contributed by atoms with van der Waals surface area (Å²) >= 11 is 5.81. The van der Waals surface area contributed by atoms with Crippen LogP contribution in [0.15, 0.2) is 48.5 Å². The van der Waals surface area contributed by atoms with Gasteiger partial charge in [-0.3, -0.25) is 0 Å². The second-order valence-electron chi connectivity index (χ2n) is 5.43. The summed E-state index contributed by atoms with van der Waals surface area (Å²) in [5, 5.41) is 6.32. The number of carbonyl (C=O) groups excluding carboxylic acids is 1. The number of halogens is 1. The lowest BCUT2D eigenvalue weighted by Crippen LogP contribution is -2.38. The summed E-state index contributed by atoms with van der Waals surface area (Å²) in [6.45, 7) is 5.26. The van der Waals surface area contributed by atoms with Crippen LogP contribution < -0.4 is 20.1 Å². The molecule has 2 N–H and O–H groups in total. The van der Waals surface area contributed by atoms with E-state index in [1.54, 1.807) is 24.3 Å². The largest absolute Gasteiger partial charge is 0.494 e. The van der Waals surface area contributed by atoms with Crippen LogP contribution in [-0.4, -0.2) is 25.8 Å². The third kappa shape index (κ3) is 6.55. The van der Waals surface area contributed by atoms with Gasteiger partial charge in [0.1, 0.15) is 18.1 Å². The number of nitrogens with one attached hydrogen (secondary N) is 2. The van der Waals surface area contributed by atoms with Gasteiger partial charge in [0.05, 0.1) is 19.2 Å². The molecule has 0 aliphatic rings. The second kappa shape index (κ2) is 9.79. The van der Waals surface area contributed by atoms with Crippen molar-refractivity contribution in [3.05, 3.63) is 59.1 Å². The number of benzene rings is 2. The van der Waals surface area contributed by atoms with Gasteiger partial charge in [0.15, 0.2) is 0 Å². The van der Waals surface area contributed by atoms with Crippen molar-refractivity contribution in [2.75, 3.05) is 19.8 Å². The maximum absolute atomic E-state index is 12.0. The topological polar surface area (TPSA) is 59.6 Å². The number of hydrogen-bond donors (Lipinski definition) is 2. The molecule has 0 aliphatic carbocycles. The van der Waals surface area contributed by atoms with Gasteiger partial charge in [0.25, 0.3) is 0 Å². The van der Waals surface area contributed by atoms with Gasteiger partial charge in [-0.15, -0.1) is 0 Å². The number of hydrogen-bond acceptors (Lipinski definition) is 3. The van der Waals surface area contributed by atoms with Crippen molar-refractivity contribution in [2.45, 2.75) is 19.9 Å². The number of rotatable bonds is 8. The molecule has 2 amide bonds. The molecular weight excluding hydrogens is 340 g/mol. The van der Waals surface area contributed by atoms with Gasteiger partial charge >= 0.3 is 6.03 Å². The summed E-state index contributed by atoms with van der Waals surface area (Å²) in [7, 11) is 0. The van der Waals surface area contributed by atoms with Crippen LogP contribution in [0.1, 0.15) is 25.5 Å². The standard InChI is InChI=1S/C19H23ClN2O3/c1-3-24-18-6-4-5-15(13-18)14(2)22-19(23)21-11-12-25-17-9-7-16(20)8-10-17/h4-10,13-14H,3,11-12H2,1-2H3,(H2,21,22,23). The van der Waals surface area contributed by atoms with Crippen molar-refractivity contribution in [1.82, 2.24) is 10.6 Å². The Morgan fingerprint density at radius 2 is 1.88 bits per heavy atom. The summed E-state index contributed by atoms with van der Waals surface area (Å²) < 4.78 is 11.0. The fourth-order valence-electron chi connectivity index (χ4n) is 2.24. The first-order chi connectivity index (χ1) is 12.1. The third-order valence-corrected chi connectivity index (χ3v) is 3.74.